The van der Waals surface area contributed by atoms with Crippen molar-refractivity contribution in [3.8, 4) is 5.75 Å². The van der Waals surface area contributed by atoms with E-state index in [1.165, 1.54) is 7.11 Å². The van der Waals surface area contributed by atoms with Gasteiger partial charge in [0.15, 0.2) is 0 Å². The van der Waals surface area contributed by atoms with E-state index in [1.54, 1.807) is 53.4 Å². The van der Waals surface area contributed by atoms with Crippen LogP contribution in [0.5, 0.6) is 5.75 Å². The van der Waals surface area contributed by atoms with Crippen molar-refractivity contribution in [1.82, 2.24) is 4.90 Å². The van der Waals surface area contributed by atoms with Crippen molar-refractivity contribution in [3.63, 3.8) is 0 Å². The summed E-state index contributed by atoms with van der Waals surface area (Å²) in [7, 11) is 1.53. The number of hydrogen-bond acceptors (Lipinski definition) is 5. The van der Waals surface area contributed by atoms with Gasteiger partial charge >= 0.3 is 0 Å². The van der Waals surface area contributed by atoms with E-state index in [2.05, 4.69) is 5.32 Å². The third-order valence-corrected chi connectivity index (χ3v) is 6.83. The summed E-state index contributed by atoms with van der Waals surface area (Å²) in [4.78, 5) is 42.2. The van der Waals surface area contributed by atoms with Crippen molar-refractivity contribution in [2.45, 2.75) is 13.1 Å². The van der Waals surface area contributed by atoms with E-state index in [4.69, 9.17) is 16.3 Å². The molecule has 5 rings (SSSR count). The molecule has 0 aliphatic carbocycles. The largest absolute Gasteiger partial charge is 0.497 e. The lowest BCUT2D eigenvalue weighted by Gasteiger charge is -2.23. The summed E-state index contributed by atoms with van der Waals surface area (Å²) < 4.78 is 5.14. The molecule has 0 radical (unpaired) electrons. The van der Waals surface area contributed by atoms with Gasteiger partial charge in [-0.3, -0.25) is 14.4 Å². The van der Waals surface area contributed by atoms with E-state index in [9.17, 15) is 14.4 Å². The summed E-state index contributed by atoms with van der Waals surface area (Å²) in [5.41, 5.74) is 3.40. The van der Waals surface area contributed by atoms with Crippen molar-refractivity contribution in [3.05, 3.63) is 137 Å². The van der Waals surface area contributed by atoms with Crippen molar-refractivity contribution in [2.24, 2.45) is 0 Å². The fourth-order valence-electron chi connectivity index (χ4n) is 4.41. The summed E-state index contributed by atoms with van der Waals surface area (Å²) in [6.07, 6.45) is 0. The van der Waals surface area contributed by atoms with Gasteiger partial charge in [-0.1, -0.05) is 72.3 Å². The minimum atomic E-state index is -0.622. The molecule has 1 heterocycles. The summed E-state index contributed by atoms with van der Waals surface area (Å²) in [6, 6.07) is 32.9. The first-order valence-electron chi connectivity index (χ1n) is 12.6. The van der Waals surface area contributed by atoms with Crippen molar-refractivity contribution in [1.29, 1.82) is 0 Å². The van der Waals surface area contributed by atoms with Crippen molar-refractivity contribution in [2.75, 3.05) is 17.3 Å². The molecule has 4 aromatic carbocycles. The van der Waals surface area contributed by atoms with Crippen LogP contribution in [0.4, 0.5) is 11.4 Å². The Balaban J connectivity index is 1.32. The summed E-state index contributed by atoms with van der Waals surface area (Å²) >= 11 is 6.27. The number of methoxy groups -OCH3 is 1. The molecule has 4 aromatic rings. The number of halogens is 1. The maximum Gasteiger partial charge on any atom is 0.283 e. The van der Waals surface area contributed by atoms with Crippen LogP contribution in [0, 0.1) is 0 Å². The standard InChI is InChI=1S/C32H26ClN3O4/c1-40-27-18-16-26(17-19-27)36-31(38)28(33)29(32(36)39)34-25-14-12-24(13-15-25)30(37)35(20-22-8-4-2-5-9-22)21-23-10-6-3-7-11-23/h2-19,34H,20-21H2,1H3. The second-order valence-corrected chi connectivity index (χ2v) is 9.55. The van der Waals surface area contributed by atoms with Crippen LogP contribution in [-0.2, 0) is 22.7 Å². The Kier molecular flexibility index (Phi) is 7.94. The minimum absolute atomic E-state index is 0.0312. The molecule has 200 valence electrons. The fraction of sp³-hybridized carbons (Fsp3) is 0.0938. The van der Waals surface area contributed by atoms with Gasteiger partial charge in [0.2, 0.25) is 0 Å². The van der Waals surface area contributed by atoms with Gasteiger partial charge in [-0.25, -0.2) is 4.90 Å². The van der Waals surface area contributed by atoms with Crippen molar-refractivity contribution < 1.29 is 19.1 Å². The minimum Gasteiger partial charge on any atom is -0.497 e. The van der Waals surface area contributed by atoms with Gasteiger partial charge in [0.25, 0.3) is 17.7 Å². The number of imide groups is 1. The predicted molar refractivity (Wildman–Crippen MR) is 155 cm³/mol. The number of nitrogens with one attached hydrogen (secondary N) is 1. The van der Waals surface area contributed by atoms with Gasteiger partial charge < -0.3 is 15.0 Å². The van der Waals surface area contributed by atoms with Gasteiger partial charge in [0, 0.05) is 24.3 Å². The topological polar surface area (TPSA) is 79.0 Å². The zero-order valence-corrected chi connectivity index (χ0v) is 22.5. The van der Waals surface area contributed by atoms with Crippen LogP contribution in [0.2, 0.25) is 0 Å². The second kappa shape index (κ2) is 11.9. The molecule has 0 spiro atoms. The summed E-state index contributed by atoms with van der Waals surface area (Å²) in [5, 5.41) is 2.74. The molecule has 0 saturated carbocycles. The van der Waals surface area contributed by atoms with Crippen LogP contribution in [0.15, 0.2) is 120 Å². The molecule has 1 aliphatic rings. The lowest BCUT2D eigenvalue weighted by atomic mass is 10.1. The van der Waals surface area contributed by atoms with Gasteiger partial charge in [-0.05, 0) is 59.7 Å². The average molecular weight is 552 g/mol. The number of anilines is 2. The van der Waals surface area contributed by atoms with Crippen LogP contribution < -0.4 is 15.0 Å². The lowest BCUT2D eigenvalue weighted by molar-refractivity contribution is -0.120. The van der Waals surface area contributed by atoms with Gasteiger partial charge in [-0.2, -0.15) is 0 Å². The van der Waals surface area contributed by atoms with E-state index in [1.807, 2.05) is 60.7 Å². The van der Waals surface area contributed by atoms with Crippen molar-refractivity contribution >= 4 is 40.7 Å². The van der Waals surface area contributed by atoms with Crippen LogP contribution in [0.25, 0.3) is 0 Å². The van der Waals surface area contributed by atoms with E-state index in [0.717, 1.165) is 16.0 Å². The Morgan fingerprint density at radius 1 is 0.775 bits per heavy atom. The van der Waals surface area contributed by atoms with Gasteiger partial charge in [-0.15, -0.1) is 0 Å². The predicted octanol–water partition coefficient (Wildman–Crippen LogP) is 5.97. The molecule has 0 fully saturated rings. The zero-order chi connectivity index (χ0) is 28.1. The molecular formula is C32H26ClN3O4. The third kappa shape index (κ3) is 5.75. The van der Waals surface area contributed by atoms with Crippen LogP contribution in [-0.4, -0.2) is 29.7 Å². The normalized spacial score (nSPS) is 13.0. The Morgan fingerprint density at radius 3 is 1.85 bits per heavy atom. The molecule has 8 heteroatoms. The molecule has 0 atom stereocenters. The highest BCUT2D eigenvalue weighted by atomic mass is 35.5. The van der Waals surface area contributed by atoms with E-state index in [-0.39, 0.29) is 16.6 Å². The number of ether oxygens (including phenoxy) is 1. The molecule has 1 aliphatic heterocycles. The molecule has 0 saturated heterocycles. The summed E-state index contributed by atoms with van der Waals surface area (Å²) in [6.45, 7) is 0.906. The molecule has 0 bridgehead atoms. The molecular weight excluding hydrogens is 526 g/mol. The Labute approximate surface area is 237 Å². The lowest BCUT2D eigenvalue weighted by Crippen LogP contribution is -2.32. The molecule has 0 aromatic heterocycles. The summed E-state index contributed by atoms with van der Waals surface area (Å²) in [5.74, 6) is -0.726. The highest BCUT2D eigenvalue weighted by Gasteiger charge is 2.39. The van der Waals surface area contributed by atoms with Crippen LogP contribution in [0.3, 0.4) is 0 Å². The molecule has 7 nitrogen and oxygen atoms in total. The van der Waals surface area contributed by atoms with E-state index >= 15 is 0 Å². The fourth-order valence-corrected chi connectivity index (χ4v) is 4.62. The Bertz CT molecular complexity index is 1510. The smallest absolute Gasteiger partial charge is 0.283 e. The number of carbonyl (C=O) groups is 3. The molecule has 40 heavy (non-hydrogen) atoms. The molecule has 1 N–H and O–H groups in total. The highest BCUT2D eigenvalue weighted by molar-refractivity contribution is 6.53. The zero-order valence-electron chi connectivity index (χ0n) is 21.7. The second-order valence-electron chi connectivity index (χ2n) is 9.17. The first-order chi connectivity index (χ1) is 19.4. The Morgan fingerprint density at radius 2 is 1.32 bits per heavy atom. The van der Waals surface area contributed by atoms with Gasteiger partial charge in [0.1, 0.15) is 16.5 Å². The first-order valence-corrected chi connectivity index (χ1v) is 13.0. The number of rotatable bonds is 9. The maximum absolute atomic E-state index is 13.6. The SMILES string of the molecule is COc1ccc(N2C(=O)C(Cl)=C(Nc3ccc(C(=O)N(Cc4ccccc4)Cc4ccccc4)cc3)C2=O)cc1. The maximum atomic E-state index is 13.6. The molecule has 0 unspecified atom stereocenters. The number of benzene rings is 4. The van der Waals surface area contributed by atoms with Crippen LogP contribution >= 0.6 is 11.6 Å². The van der Waals surface area contributed by atoms with Gasteiger partial charge in [0.05, 0.1) is 12.8 Å². The average Bonchev–Trinajstić information content (AvgIpc) is 3.20. The van der Waals surface area contributed by atoms with E-state index < -0.39 is 11.8 Å². The highest BCUT2D eigenvalue weighted by Crippen LogP contribution is 2.31. The quantitative estimate of drug-likeness (QED) is 0.259. The number of hydrogen-bond donors (Lipinski definition) is 1. The number of amides is 3. The van der Waals surface area contributed by atoms with E-state index in [0.29, 0.717) is 35.8 Å². The Hall–Kier alpha value is -4.88. The number of carbonyl (C=O) groups excluding carboxylic acids is 3. The first kappa shape index (κ1) is 26.7. The van der Waals surface area contributed by atoms with Crippen LogP contribution in [0.1, 0.15) is 21.5 Å². The third-order valence-electron chi connectivity index (χ3n) is 6.48. The monoisotopic (exact) mass is 551 g/mol. The molecule has 3 amide bonds. The number of nitrogens with zero attached hydrogens (tertiary/aromatic N) is 2.